The summed E-state index contributed by atoms with van der Waals surface area (Å²) >= 11 is 0. The van der Waals surface area contributed by atoms with Gasteiger partial charge in [0, 0.05) is 42.9 Å². The lowest BCUT2D eigenvalue weighted by molar-refractivity contribution is 0.255. The van der Waals surface area contributed by atoms with Crippen LogP contribution < -0.4 is 5.32 Å². The summed E-state index contributed by atoms with van der Waals surface area (Å²) in [7, 11) is 0. The number of rotatable bonds is 3. The maximum atomic E-state index is 3.77. The van der Waals surface area contributed by atoms with Crippen molar-refractivity contribution in [3.63, 3.8) is 0 Å². The highest BCUT2D eigenvalue weighted by Gasteiger charge is 2.33. The summed E-state index contributed by atoms with van der Waals surface area (Å²) in [5.41, 5.74) is 2.48. The van der Waals surface area contributed by atoms with Gasteiger partial charge in [-0.05, 0) is 55.6 Å². The first-order valence-corrected chi connectivity index (χ1v) is 7.61. The molecule has 2 fully saturated rings. The highest BCUT2D eigenvalue weighted by molar-refractivity contribution is 5.52. The lowest BCUT2D eigenvalue weighted by Crippen LogP contribution is -2.39. The Morgan fingerprint density at radius 3 is 2.75 bits per heavy atom. The molecular formula is C17H21N3. The summed E-state index contributed by atoms with van der Waals surface area (Å²) in [6.45, 7) is 3.84. The Hall–Kier alpha value is -1.74. The molecule has 2 aromatic rings. The summed E-state index contributed by atoms with van der Waals surface area (Å²) in [5, 5.41) is 3.77. The van der Waals surface area contributed by atoms with Crippen LogP contribution >= 0.6 is 0 Å². The maximum absolute atomic E-state index is 3.77. The van der Waals surface area contributed by atoms with E-state index in [9.17, 15) is 0 Å². The number of aromatic nitrogens is 1. The maximum Gasteiger partial charge on any atom is 0.0469 e. The first-order chi connectivity index (χ1) is 9.88. The van der Waals surface area contributed by atoms with Gasteiger partial charge in [-0.25, -0.2) is 0 Å². The van der Waals surface area contributed by atoms with E-state index in [4.69, 9.17) is 0 Å². The first kappa shape index (κ1) is 12.0. The van der Waals surface area contributed by atoms with E-state index in [0.29, 0.717) is 6.04 Å². The molecule has 2 aliphatic rings. The molecule has 4 rings (SSSR count). The Morgan fingerprint density at radius 1 is 1.00 bits per heavy atom. The van der Waals surface area contributed by atoms with E-state index in [1.165, 1.54) is 43.9 Å². The van der Waals surface area contributed by atoms with Crippen LogP contribution in [-0.4, -0.2) is 35.1 Å². The molecule has 0 radical (unpaired) electrons. The number of nitrogens with one attached hydrogen (secondary N) is 1. The fraction of sp³-hybridized carbons (Fsp3) is 0.412. The van der Waals surface area contributed by atoms with Crippen LogP contribution in [-0.2, 0) is 0 Å². The average Bonchev–Trinajstić information content (AvgIpc) is 3.13. The van der Waals surface area contributed by atoms with E-state index < -0.39 is 0 Å². The van der Waals surface area contributed by atoms with Gasteiger partial charge >= 0.3 is 0 Å². The molecule has 3 heteroatoms. The van der Waals surface area contributed by atoms with Crippen molar-refractivity contribution in [2.75, 3.05) is 25.0 Å². The molecule has 104 valence electrons. The van der Waals surface area contributed by atoms with E-state index in [0.717, 1.165) is 5.92 Å². The smallest absolute Gasteiger partial charge is 0.0469 e. The third-order valence-electron chi connectivity index (χ3n) is 4.73. The second-order valence-electron chi connectivity index (χ2n) is 6.03. The second kappa shape index (κ2) is 4.98. The number of fused-ring (bicyclic) bond motifs is 2. The number of hydrogen-bond donors (Lipinski definition) is 1. The molecule has 0 amide bonds. The van der Waals surface area contributed by atoms with Gasteiger partial charge in [0.25, 0.3) is 0 Å². The lowest BCUT2D eigenvalue weighted by atomic mass is 9.94. The number of nitrogens with zero attached hydrogens (tertiary/aromatic N) is 2. The highest BCUT2D eigenvalue weighted by Crippen LogP contribution is 2.29. The van der Waals surface area contributed by atoms with Gasteiger partial charge in [0.15, 0.2) is 0 Å². The zero-order valence-electron chi connectivity index (χ0n) is 11.7. The quantitative estimate of drug-likeness (QED) is 0.922. The van der Waals surface area contributed by atoms with Crippen molar-refractivity contribution in [1.82, 2.24) is 9.47 Å². The van der Waals surface area contributed by atoms with E-state index in [1.807, 2.05) is 0 Å². The van der Waals surface area contributed by atoms with Crippen molar-refractivity contribution >= 4 is 5.69 Å². The molecule has 2 aliphatic heterocycles. The predicted molar refractivity (Wildman–Crippen MR) is 82.3 cm³/mol. The lowest BCUT2D eigenvalue weighted by Gasteiger charge is -2.31. The van der Waals surface area contributed by atoms with E-state index in [2.05, 4.69) is 63.6 Å². The normalized spacial score (nSPS) is 28.5. The van der Waals surface area contributed by atoms with Crippen LogP contribution in [0.3, 0.4) is 0 Å². The van der Waals surface area contributed by atoms with Gasteiger partial charge < -0.3 is 14.8 Å². The Bertz CT molecular complexity index is 576. The Morgan fingerprint density at radius 2 is 1.85 bits per heavy atom. The van der Waals surface area contributed by atoms with Crippen molar-refractivity contribution < 1.29 is 0 Å². The molecule has 1 aromatic carbocycles. The molecule has 0 saturated carbocycles. The summed E-state index contributed by atoms with van der Waals surface area (Å²) in [6.07, 6.45) is 6.82. The average molecular weight is 267 g/mol. The zero-order valence-corrected chi connectivity index (χ0v) is 11.7. The molecule has 0 spiro atoms. The number of hydrogen-bond acceptors (Lipinski definition) is 2. The first-order valence-electron chi connectivity index (χ1n) is 7.61. The summed E-state index contributed by atoms with van der Waals surface area (Å²) in [6, 6.07) is 13.5. The van der Waals surface area contributed by atoms with Crippen LogP contribution in [0.2, 0.25) is 0 Å². The molecule has 1 aromatic heterocycles. The second-order valence-corrected chi connectivity index (χ2v) is 6.03. The van der Waals surface area contributed by atoms with Crippen LogP contribution in [0.1, 0.15) is 12.8 Å². The van der Waals surface area contributed by atoms with Crippen molar-refractivity contribution in [1.29, 1.82) is 0 Å². The minimum atomic E-state index is 0.647. The van der Waals surface area contributed by atoms with E-state index >= 15 is 0 Å². The minimum Gasteiger partial charge on any atom is -0.382 e. The number of piperidine rings is 1. The molecule has 3 atom stereocenters. The van der Waals surface area contributed by atoms with Gasteiger partial charge in [-0.3, -0.25) is 0 Å². The number of anilines is 1. The van der Waals surface area contributed by atoms with Crippen molar-refractivity contribution in [2.45, 2.75) is 18.9 Å². The molecule has 3 nitrogen and oxygen atoms in total. The van der Waals surface area contributed by atoms with Crippen molar-refractivity contribution in [3.05, 3.63) is 48.8 Å². The summed E-state index contributed by atoms with van der Waals surface area (Å²) < 4.78 is 2.16. The van der Waals surface area contributed by atoms with Crippen LogP contribution in [0.25, 0.3) is 5.69 Å². The van der Waals surface area contributed by atoms with Crippen LogP contribution in [0.15, 0.2) is 48.8 Å². The third-order valence-corrected chi connectivity index (χ3v) is 4.73. The van der Waals surface area contributed by atoms with Gasteiger partial charge in [-0.15, -0.1) is 0 Å². The predicted octanol–water partition coefficient (Wildman–Crippen LogP) is 2.98. The Balaban J connectivity index is 1.52. The number of benzene rings is 1. The fourth-order valence-electron chi connectivity index (χ4n) is 3.62. The van der Waals surface area contributed by atoms with Crippen LogP contribution in [0.5, 0.6) is 0 Å². The standard InChI is InChI=1S/C17H21N3/c1-2-9-20(8-1)16-5-3-4-15(12-16)18-17-7-11-19-10-6-14(17)13-19/h1-5,8-9,12,14,17-18H,6-7,10-11,13H2. The van der Waals surface area contributed by atoms with E-state index in [1.54, 1.807) is 0 Å². The fourth-order valence-corrected chi connectivity index (χ4v) is 3.62. The van der Waals surface area contributed by atoms with Gasteiger partial charge in [0.2, 0.25) is 0 Å². The highest BCUT2D eigenvalue weighted by atomic mass is 15.2. The Kier molecular flexibility index (Phi) is 3.00. The SMILES string of the molecule is c1cc(NC2CCN3CCC2C3)cc(-n2cccc2)c1. The molecule has 1 N–H and O–H groups in total. The molecular weight excluding hydrogens is 246 g/mol. The zero-order chi connectivity index (χ0) is 13.4. The summed E-state index contributed by atoms with van der Waals surface area (Å²) in [5.74, 6) is 0.832. The monoisotopic (exact) mass is 267 g/mol. The molecule has 3 unspecified atom stereocenters. The molecule has 20 heavy (non-hydrogen) atoms. The largest absolute Gasteiger partial charge is 0.382 e. The molecule has 2 saturated heterocycles. The van der Waals surface area contributed by atoms with E-state index in [-0.39, 0.29) is 0 Å². The van der Waals surface area contributed by atoms with Gasteiger partial charge in [-0.1, -0.05) is 6.07 Å². The van der Waals surface area contributed by atoms with Gasteiger partial charge in [0.1, 0.15) is 0 Å². The molecule has 0 aliphatic carbocycles. The minimum absolute atomic E-state index is 0.647. The third kappa shape index (κ3) is 2.22. The van der Waals surface area contributed by atoms with Crippen LogP contribution in [0, 0.1) is 5.92 Å². The van der Waals surface area contributed by atoms with Gasteiger partial charge in [-0.2, -0.15) is 0 Å². The topological polar surface area (TPSA) is 20.2 Å². The Labute approximate surface area is 120 Å². The summed E-state index contributed by atoms with van der Waals surface area (Å²) in [4.78, 5) is 2.60. The molecule has 3 heterocycles. The van der Waals surface area contributed by atoms with Crippen LogP contribution in [0.4, 0.5) is 5.69 Å². The van der Waals surface area contributed by atoms with Crippen molar-refractivity contribution in [2.24, 2.45) is 5.92 Å². The van der Waals surface area contributed by atoms with Gasteiger partial charge in [0.05, 0.1) is 0 Å². The molecule has 2 bridgehead atoms. The van der Waals surface area contributed by atoms with Crippen molar-refractivity contribution in [3.8, 4) is 5.69 Å².